The van der Waals surface area contributed by atoms with Crippen molar-refractivity contribution in [1.82, 2.24) is 0 Å². The van der Waals surface area contributed by atoms with Crippen molar-refractivity contribution in [3.05, 3.63) is 29.8 Å². The number of hydrogen-bond acceptors (Lipinski definition) is 4. The topological polar surface area (TPSA) is 101 Å². The molecule has 1 rings (SSSR count). The number of carboxylic acids is 1. The maximum Gasteiger partial charge on any atom is 0.303 e. The second-order valence-corrected chi connectivity index (χ2v) is 6.53. The zero-order valence-corrected chi connectivity index (χ0v) is 12.1. The van der Waals surface area contributed by atoms with Gasteiger partial charge in [-0.15, -0.1) is 0 Å². The normalized spacial score (nSPS) is 12.7. The van der Waals surface area contributed by atoms with Crippen LogP contribution in [0, 0.1) is 5.92 Å². The molecule has 110 valence electrons. The number of anilines is 1. The van der Waals surface area contributed by atoms with Gasteiger partial charge in [0.1, 0.15) is 0 Å². The number of sulfonamides is 1. The number of carbonyl (C=O) groups excluding carboxylic acids is 1. The van der Waals surface area contributed by atoms with Crippen molar-refractivity contribution in [1.29, 1.82) is 0 Å². The lowest BCUT2D eigenvalue weighted by molar-refractivity contribution is -0.137. The highest BCUT2D eigenvalue weighted by molar-refractivity contribution is 7.92. The van der Waals surface area contributed by atoms with E-state index in [9.17, 15) is 18.0 Å². The minimum atomic E-state index is -3.34. The molecule has 0 saturated heterocycles. The van der Waals surface area contributed by atoms with Gasteiger partial charge in [0.2, 0.25) is 10.0 Å². The van der Waals surface area contributed by atoms with E-state index in [1.165, 1.54) is 24.3 Å². The molecule has 6 nitrogen and oxygen atoms in total. The second-order valence-electron chi connectivity index (χ2n) is 4.78. The summed E-state index contributed by atoms with van der Waals surface area (Å²) in [4.78, 5) is 22.4. The Morgan fingerprint density at radius 1 is 1.20 bits per heavy atom. The standard InChI is InChI=1S/C13H17NO5S/c1-9(8-13(16)17)7-12(15)10-3-5-11(6-4-10)14-20(2,18)19/h3-6,9,14H,7-8H2,1-2H3,(H,16,17). The zero-order chi connectivity index (χ0) is 15.3. The smallest absolute Gasteiger partial charge is 0.303 e. The predicted octanol–water partition coefficient (Wildman–Crippen LogP) is 1.74. The number of nitrogens with one attached hydrogen (secondary N) is 1. The number of benzene rings is 1. The summed E-state index contributed by atoms with van der Waals surface area (Å²) in [6.45, 7) is 1.70. The Hall–Kier alpha value is -1.89. The van der Waals surface area contributed by atoms with Crippen LogP contribution in [0.4, 0.5) is 5.69 Å². The van der Waals surface area contributed by atoms with Crippen molar-refractivity contribution in [2.75, 3.05) is 11.0 Å². The van der Waals surface area contributed by atoms with Crippen LogP contribution >= 0.6 is 0 Å². The molecular formula is C13H17NO5S. The molecular weight excluding hydrogens is 282 g/mol. The van der Waals surface area contributed by atoms with Gasteiger partial charge in [-0.2, -0.15) is 0 Å². The number of hydrogen-bond donors (Lipinski definition) is 2. The van der Waals surface area contributed by atoms with Crippen LogP contribution in [0.2, 0.25) is 0 Å². The van der Waals surface area contributed by atoms with E-state index in [2.05, 4.69) is 4.72 Å². The van der Waals surface area contributed by atoms with Gasteiger partial charge in [-0.05, 0) is 30.2 Å². The molecule has 1 unspecified atom stereocenters. The molecule has 0 fully saturated rings. The lowest BCUT2D eigenvalue weighted by Crippen LogP contribution is -2.11. The third-order valence-electron chi connectivity index (χ3n) is 2.57. The molecule has 1 atom stereocenters. The lowest BCUT2D eigenvalue weighted by atomic mass is 9.97. The van der Waals surface area contributed by atoms with Gasteiger partial charge in [0.25, 0.3) is 0 Å². The quantitative estimate of drug-likeness (QED) is 0.747. The Morgan fingerprint density at radius 2 is 1.75 bits per heavy atom. The van der Waals surface area contributed by atoms with E-state index >= 15 is 0 Å². The van der Waals surface area contributed by atoms with Crippen LogP contribution in [0.3, 0.4) is 0 Å². The van der Waals surface area contributed by atoms with Gasteiger partial charge >= 0.3 is 5.97 Å². The van der Waals surface area contributed by atoms with E-state index in [4.69, 9.17) is 5.11 Å². The molecule has 1 aromatic rings. The second kappa shape index (κ2) is 6.51. The largest absolute Gasteiger partial charge is 0.481 e. The van der Waals surface area contributed by atoms with Crippen molar-refractivity contribution >= 4 is 27.5 Å². The Bertz CT molecular complexity index is 592. The van der Waals surface area contributed by atoms with Crippen LogP contribution in [-0.2, 0) is 14.8 Å². The van der Waals surface area contributed by atoms with E-state index in [-0.39, 0.29) is 24.5 Å². The average molecular weight is 299 g/mol. The molecule has 0 spiro atoms. The fraction of sp³-hybridized carbons (Fsp3) is 0.385. The van der Waals surface area contributed by atoms with Gasteiger partial charge in [0.15, 0.2) is 5.78 Å². The van der Waals surface area contributed by atoms with Gasteiger partial charge in [-0.25, -0.2) is 8.42 Å². The summed E-state index contributed by atoms with van der Waals surface area (Å²) in [5.41, 5.74) is 0.809. The Labute approximate surface area is 117 Å². The molecule has 0 radical (unpaired) electrons. The summed E-state index contributed by atoms with van der Waals surface area (Å²) < 4.78 is 24.4. The van der Waals surface area contributed by atoms with Crippen LogP contribution < -0.4 is 4.72 Å². The molecule has 1 aromatic carbocycles. The molecule has 0 aromatic heterocycles. The molecule has 20 heavy (non-hydrogen) atoms. The van der Waals surface area contributed by atoms with Crippen molar-refractivity contribution < 1.29 is 23.1 Å². The van der Waals surface area contributed by atoms with Crippen LogP contribution in [-0.4, -0.2) is 31.5 Å². The first-order valence-electron chi connectivity index (χ1n) is 6.00. The van der Waals surface area contributed by atoms with Gasteiger partial charge in [0, 0.05) is 24.1 Å². The molecule has 0 aliphatic carbocycles. The molecule has 7 heteroatoms. The summed E-state index contributed by atoms with van der Waals surface area (Å²) in [5.74, 6) is -1.34. The Kier molecular flexibility index (Phi) is 5.26. The maximum atomic E-state index is 11.9. The zero-order valence-electron chi connectivity index (χ0n) is 11.3. The number of ketones is 1. The van der Waals surface area contributed by atoms with Gasteiger partial charge in [0.05, 0.1) is 6.26 Å². The third kappa shape index (κ3) is 5.83. The van der Waals surface area contributed by atoms with Crippen molar-refractivity contribution in [3.63, 3.8) is 0 Å². The van der Waals surface area contributed by atoms with Gasteiger partial charge < -0.3 is 5.11 Å². The van der Waals surface area contributed by atoms with Crippen molar-refractivity contribution in [3.8, 4) is 0 Å². The van der Waals surface area contributed by atoms with E-state index in [0.717, 1.165) is 6.26 Å². The van der Waals surface area contributed by atoms with Gasteiger partial charge in [-0.3, -0.25) is 14.3 Å². The van der Waals surface area contributed by atoms with Crippen LogP contribution in [0.25, 0.3) is 0 Å². The SMILES string of the molecule is CC(CC(=O)O)CC(=O)c1ccc(NS(C)(=O)=O)cc1. The number of carboxylic acid groups (broad SMARTS) is 1. The van der Waals surface area contributed by atoms with Crippen molar-refractivity contribution in [2.24, 2.45) is 5.92 Å². The Morgan fingerprint density at radius 3 is 2.20 bits per heavy atom. The molecule has 2 N–H and O–H groups in total. The van der Waals surface area contributed by atoms with Gasteiger partial charge in [-0.1, -0.05) is 6.92 Å². The predicted molar refractivity (Wildman–Crippen MR) is 75.3 cm³/mol. The van der Waals surface area contributed by atoms with Crippen LogP contribution in [0.5, 0.6) is 0 Å². The molecule has 0 bridgehead atoms. The minimum Gasteiger partial charge on any atom is -0.481 e. The minimum absolute atomic E-state index is 0.0561. The van der Waals surface area contributed by atoms with E-state index in [1.807, 2.05) is 0 Å². The van der Waals surface area contributed by atoms with E-state index < -0.39 is 16.0 Å². The molecule has 0 aliphatic heterocycles. The number of carbonyl (C=O) groups is 2. The average Bonchev–Trinajstić information content (AvgIpc) is 2.26. The molecule has 0 amide bonds. The van der Waals surface area contributed by atoms with Crippen LogP contribution in [0.1, 0.15) is 30.1 Å². The fourth-order valence-corrected chi connectivity index (χ4v) is 2.31. The highest BCUT2D eigenvalue weighted by atomic mass is 32.2. The molecule has 0 heterocycles. The first kappa shape index (κ1) is 16.2. The van der Waals surface area contributed by atoms with Crippen LogP contribution in [0.15, 0.2) is 24.3 Å². The summed E-state index contributed by atoms with van der Waals surface area (Å²) in [5, 5.41) is 8.64. The molecule has 0 saturated carbocycles. The number of aliphatic carboxylic acids is 1. The number of rotatable bonds is 7. The highest BCUT2D eigenvalue weighted by Gasteiger charge is 2.14. The van der Waals surface area contributed by atoms with E-state index in [1.54, 1.807) is 6.92 Å². The first-order valence-corrected chi connectivity index (χ1v) is 7.89. The third-order valence-corrected chi connectivity index (χ3v) is 3.17. The lowest BCUT2D eigenvalue weighted by Gasteiger charge is -2.08. The maximum absolute atomic E-state index is 11.9. The Balaban J connectivity index is 2.68. The summed E-state index contributed by atoms with van der Waals surface area (Å²) >= 11 is 0. The summed E-state index contributed by atoms with van der Waals surface area (Å²) in [6.07, 6.45) is 1.13. The van der Waals surface area contributed by atoms with E-state index in [0.29, 0.717) is 11.3 Å². The summed E-state index contributed by atoms with van der Waals surface area (Å²) in [7, 11) is -3.34. The summed E-state index contributed by atoms with van der Waals surface area (Å²) in [6, 6.07) is 6.03. The molecule has 0 aliphatic rings. The monoisotopic (exact) mass is 299 g/mol. The first-order chi connectivity index (χ1) is 9.17. The van der Waals surface area contributed by atoms with Crippen molar-refractivity contribution in [2.45, 2.75) is 19.8 Å². The highest BCUT2D eigenvalue weighted by Crippen LogP contribution is 2.16. The number of Topliss-reactive ketones (excluding diaryl/α,β-unsaturated/α-hetero) is 1. The fourth-order valence-electron chi connectivity index (χ4n) is 1.74.